The van der Waals surface area contributed by atoms with E-state index in [2.05, 4.69) is 47.2 Å². The van der Waals surface area contributed by atoms with E-state index in [4.69, 9.17) is 4.74 Å². The molecule has 0 aliphatic heterocycles. The van der Waals surface area contributed by atoms with Gasteiger partial charge in [-0.15, -0.1) is 0 Å². The number of methoxy groups -OCH3 is 1. The standard InChI is InChI=1S/C17H26BrNO/c1-12(2)9-13-5-4-6-14(10-13)19-15-7-8-17(20-3)16(18)11-15/h7-8,11-14,19H,4-6,9-10H2,1-3H3. The van der Waals surface area contributed by atoms with Crippen molar-refractivity contribution in [2.24, 2.45) is 11.8 Å². The summed E-state index contributed by atoms with van der Waals surface area (Å²) in [4.78, 5) is 0. The lowest BCUT2D eigenvalue weighted by atomic mass is 9.81. The minimum Gasteiger partial charge on any atom is -0.496 e. The molecule has 1 fully saturated rings. The first-order chi connectivity index (χ1) is 9.58. The van der Waals surface area contributed by atoms with Crippen molar-refractivity contribution in [2.45, 2.75) is 52.0 Å². The van der Waals surface area contributed by atoms with Crippen LogP contribution in [-0.2, 0) is 0 Å². The Balaban J connectivity index is 1.93. The first-order valence-electron chi connectivity index (χ1n) is 7.68. The molecule has 0 saturated heterocycles. The summed E-state index contributed by atoms with van der Waals surface area (Å²) < 4.78 is 6.29. The van der Waals surface area contributed by atoms with Crippen LogP contribution in [0.25, 0.3) is 0 Å². The number of hydrogen-bond donors (Lipinski definition) is 1. The van der Waals surface area contributed by atoms with Crippen molar-refractivity contribution < 1.29 is 4.74 Å². The summed E-state index contributed by atoms with van der Waals surface area (Å²) in [6, 6.07) is 6.86. The van der Waals surface area contributed by atoms with Gasteiger partial charge in [0, 0.05) is 11.7 Å². The van der Waals surface area contributed by atoms with Crippen molar-refractivity contribution in [3.8, 4) is 5.75 Å². The summed E-state index contributed by atoms with van der Waals surface area (Å²) >= 11 is 3.55. The van der Waals surface area contributed by atoms with Gasteiger partial charge < -0.3 is 10.1 Å². The van der Waals surface area contributed by atoms with Crippen LogP contribution < -0.4 is 10.1 Å². The molecule has 1 N–H and O–H groups in total. The summed E-state index contributed by atoms with van der Waals surface area (Å²) in [5.74, 6) is 2.59. The second-order valence-corrected chi connectivity index (χ2v) is 7.21. The van der Waals surface area contributed by atoms with Crippen molar-refractivity contribution in [2.75, 3.05) is 12.4 Å². The van der Waals surface area contributed by atoms with Gasteiger partial charge in [-0.25, -0.2) is 0 Å². The molecule has 1 aromatic carbocycles. The minimum atomic E-state index is 0.618. The van der Waals surface area contributed by atoms with Gasteiger partial charge in [-0.1, -0.05) is 26.7 Å². The third-order valence-corrected chi connectivity index (χ3v) is 4.73. The van der Waals surface area contributed by atoms with Gasteiger partial charge in [-0.2, -0.15) is 0 Å². The molecule has 0 amide bonds. The molecule has 1 aromatic rings. The van der Waals surface area contributed by atoms with E-state index in [-0.39, 0.29) is 0 Å². The smallest absolute Gasteiger partial charge is 0.133 e. The van der Waals surface area contributed by atoms with E-state index in [0.717, 1.165) is 22.1 Å². The highest BCUT2D eigenvalue weighted by molar-refractivity contribution is 9.10. The predicted molar refractivity (Wildman–Crippen MR) is 89.5 cm³/mol. The maximum atomic E-state index is 5.28. The Morgan fingerprint density at radius 1 is 1.35 bits per heavy atom. The van der Waals surface area contributed by atoms with Crippen LogP contribution in [0.2, 0.25) is 0 Å². The van der Waals surface area contributed by atoms with E-state index in [1.807, 2.05) is 6.07 Å². The topological polar surface area (TPSA) is 21.3 Å². The minimum absolute atomic E-state index is 0.618. The Kier molecular flexibility index (Phi) is 5.76. The molecule has 0 spiro atoms. The average molecular weight is 340 g/mol. The maximum absolute atomic E-state index is 5.28. The van der Waals surface area contributed by atoms with Crippen LogP contribution in [0.1, 0.15) is 46.0 Å². The Hall–Kier alpha value is -0.700. The lowest BCUT2D eigenvalue weighted by molar-refractivity contribution is 0.289. The molecule has 0 radical (unpaired) electrons. The molecule has 1 aliphatic rings. The molecule has 0 heterocycles. The highest BCUT2D eigenvalue weighted by Crippen LogP contribution is 2.33. The van der Waals surface area contributed by atoms with Crippen LogP contribution in [0.3, 0.4) is 0 Å². The van der Waals surface area contributed by atoms with Gasteiger partial charge in [0.25, 0.3) is 0 Å². The lowest BCUT2D eigenvalue weighted by Gasteiger charge is -2.31. The van der Waals surface area contributed by atoms with Crippen LogP contribution in [0.4, 0.5) is 5.69 Å². The normalized spacial score (nSPS) is 22.9. The second kappa shape index (κ2) is 7.35. The van der Waals surface area contributed by atoms with Gasteiger partial charge >= 0.3 is 0 Å². The molecule has 0 aromatic heterocycles. The number of anilines is 1. The zero-order chi connectivity index (χ0) is 14.5. The highest BCUT2D eigenvalue weighted by Gasteiger charge is 2.22. The third-order valence-electron chi connectivity index (χ3n) is 4.11. The molecule has 20 heavy (non-hydrogen) atoms. The summed E-state index contributed by atoms with van der Waals surface area (Å²) in [5, 5.41) is 3.69. The monoisotopic (exact) mass is 339 g/mol. The largest absolute Gasteiger partial charge is 0.496 e. The molecule has 1 aliphatic carbocycles. The Morgan fingerprint density at radius 2 is 2.15 bits per heavy atom. The SMILES string of the molecule is COc1ccc(NC2CCCC(CC(C)C)C2)cc1Br. The Bertz CT molecular complexity index is 433. The van der Waals surface area contributed by atoms with Crippen molar-refractivity contribution in [3.63, 3.8) is 0 Å². The molecule has 3 heteroatoms. The molecule has 0 bridgehead atoms. The van der Waals surface area contributed by atoms with Crippen molar-refractivity contribution >= 4 is 21.6 Å². The average Bonchev–Trinajstić information content (AvgIpc) is 2.38. The number of rotatable bonds is 5. The van der Waals surface area contributed by atoms with E-state index in [1.165, 1.54) is 37.8 Å². The van der Waals surface area contributed by atoms with E-state index in [0.29, 0.717) is 6.04 Å². The van der Waals surface area contributed by atoms with Gasteiger partial charge in [0.05, 0.1) is 11.6 Å². The fourth-order valence-corrected chi connectivity index (χ4v) is 3.84. The predicted octanol–water partition coefficient (Wildman–Crippen LogP) is 5.47. The van der Waals surface area contributed by atoms with Crippen LogP contribution in [0, 0.1) is 11.8 Å². The Morgan fingerprint density at radius 3 is 2.80 bits per heavy atom. The molecule has 2 atom stereocenters. The molecule has 2 unspecified atom stereocenters. The molecular formula is C17H26BrNO. The molecule has 2 nitrogen and oxygen atoms in total. The number of nitrogens with one attached hydrogen (secondary N) is 1. The van der Waals surface area contributed by atoms with Gasteiger partial charge in [0.15, 0.2) is 0 Å². The van der Waals surface area contributed by atoms with Crippen LogP contribution >= 0.6 is 15.9 Å². The van der Waals surface area contributed by atoms with Gasteiger partial charge in [-0.3, -0.25) is 0 Å². The van der Waals surface area contributed by atoms with E-state index in [9.17, 15) is 0 Å². The quantitative estimate of drug-likeness (QED) is 0.767. The van der Waals surface area contributed by atoms with Crippen LogP contribution in [0.5, 0.6) is 5.75 Å². The van der Waals surface area contributed by atoms with Crippen molar-refractivity contribution in [1.29, 1.82) is 0 Å². The second-order valence-electron chi connectivity index (χ2n) is 6.35. The van der Waals surface area contributed by atoms with Gasteiger partial charge in [-0.05, 0) is 65.2 Å². The molecular weight excluding hydrogens is 314 g/mol. The molecule has 2 rings (SSSR count). The van der Waals surface area contributed by atoms with E-state index in [1.54, 1.807) is 7.11 Å². The number of halogens is 1. The maximum Gasteiger partial charge on any atom is 0.133 e. The first kappa shape index (κ1) is 15.7. The van der Waals surface area contributed by atoms with Gasteiger partial charge in [0.1, 0.15) is 5.75 Å². The zero-order valence-electron chi connectivity index (χ0n) is 12.8. The Labute approximate surface area is 131 Å². The van der Waals surface area contributed by atoms with Crippen LogP contribution in [-0.4, -0.2) is 13.2 Å². The van der Waals surface area contributed by atoms with Crippen LogP contribution in [0.15, 0.2) is 22.7 Å². The first-order valence-corrected chi connectivity index (χ1v) is 8.48. The number of benzene rings is 1. The zero-order valence-corrected chi connectivity index (χ0v) is 14.4. The van der Waals surface area contributed by atoms with E-state index < -0.39 is 0 Å². The van der Waals surface area contributed by atoms with Crippen molar-refractivity contribution in [3.05, 3.63) is 22.7 Å². The number of hydrogen-bond acceptors (Lipinski definition) is 2. The summed E-state index contributed by atoms with van der Waals surface area (Å²) in [6.45, 7) is 4.66. The van der Waals surface area contributed by atoms with E-state index >= 15 is 0 Å². The summed E-state index contributed by atoms with van der Waals surface area (Å²) in [7, 11) is 1.70. The summed E-state index contributed by atoms with van der Waals surface area (Å²) in [6.07, 6.45) is 6.72. The fourth-order valence-electron chi connectivity index (χ4n) is 3.29. The van der Waals surface area contributed by atoms with Gasteiger partial charge in [0.2, 0.25) is 0 Å². The number of ether oxygens (including phenoxy) is 1. The third kappa shape index (κ3) is 4.41. The lowest BCUT2D eigenvalue weighted by Crippen LogP contribution is -2.27. The molecule has 112 valence electrons. The van der Waals surface area contributed by atoms with Crippen molar-refractivity contribution in [1.82, 2.24) is 0 Å². The molecule has 1 saturated carbocycles. The summed E-state index contributed by atoms with van der Waals surface area (Å²) in [5.41, 5.74) is 1.19. The highest BCUT2D eigenvalue weighted by atomic mass is 79.9. The fraction of sp³-hybridized carbons (Fsp3) is 0.647.